The number of hydrogen-bond donors (Lipinski definition) is 2. The molecule has 2 aromatic carbocycles. The highest BCUT2D eigenvalue weighted by atomic mass is 35.5. The fraction of sp³-hybridized carbons (Fsp3) is 0. The van der Waals surface area contributed by atoms with Gasteiger partial charge in [-0.3, -0.25) is 4.79 Å². The van der Waals surface area contributed by atoms with Gasteiger partial charge in [-0.2, -0.15) is 5.26 Å². The summed E-state index contributed by atoms with van der Waals surface area (Å²) in [6.07, 6.45) is 0. The number of nitrogens with one attached hydrogen (secondary N) is 1. The maximum absolute atomic E-state index is 12.1. The molecule has 0 aliphatic carbocycles. The van der Waals surface area contributed by atoms with Gasteiger partial charge in [-0.25, -0.2) is 0 Å². The maximum atomic E-state index is 12.1. The van der Waals surface area contributed by atoms with Crippen LogP contribution >= 0.6 is 23.2 Å². The molecule has 0 aliphatic rings. The van der Waals surface area contributed by atoms with Crippen LogP contribution < -0.4 is 11.1 Å². The molecule has 0 atom stereocenters. The van der Waals surface area contributed by atoms with Gasteiger partial charge >= 0.3 is 0 Å². The van der Waals surface area contributed by atoms with Crippen molar-refractivity contribution < 1.29 is 4.79 Å². The van der Waals surface area contributed by atoms with Crippen LogP contribution in [0.15, 0.2) is 36.4 Å². The Morgan fingerprint density at radius 2 is 1.95 bits per heavy atom. The lowest BCUT2D eigenvalue weighted by Crippen LogP contribution is -2.14. The van der Waals surface area contributed by atoms with Crippen molar-refractivity contribution in [2.24, 2.45) is 0 Å². The quantitative estimate of drug-likeness (QED) is 0.830. The molecule has 20 heavy (non-hydrogen) atoms. The molecular formula is C14H9Cl2N3O. The Labute approximate surface area is 125 Å². The van der Waals surface area contributed by atoms with E-state index in [0.29, 0.717) is 21.3 Å². The van der Waals surface area contributed by atoms with Crippen LogP contribution in [0.1, 0.15) is 15.9 Å². The molecule has 0 aliphatic heterocycles. The highest BCUT2D eigenvalue weighted by molar-refractivity contribution is 6.34. The summed E-state index contributed by atoms with van der Waals surface area (Å²) >= 11 is 11.8. The van der Waals surface area contributed by atoms with Crippen molar-refractivity contribution in [2.45, 2.75) is 0 Å². The van der Waals surface area contributed by atoms with Gasteiger partial charge in [-0.1, -0.05) is 23.2 Å². The van der Waals surface area contributed by atoms with Crippen molar-refractivity contribution in [3.8, 4) is 6.07 Å². The van der Waals surface area contributed by atoms with E-state index in [-0.39, 0.29) is 11.3 Å². The van der Waals surface area contributed by atoms with E-state index in [0.717, 1.165) is 0 Å². The number of hydrogen-bond acceptors (Lipinski definition) is 3. The molecule has 2 rings (SSSR count). The van der Waals surface area contributed by atoms with Crippen LogP contribution in [0.3, 0.4) is 0 Å². The third kappa shape index (κ3) is 3.02. The number of rotatable bonds is 2. The largest absolute Gasteiger partial charge is 0.398 e. The Morgan fingerprint density at radius 3 is 2.60 bits per heavy atom. The Bertz CT molecular complexity index is 723. The van der Waals surface area contributed by atoms with Crippen LogP contribution in [0.25, 0.3) is 0 Å². The number of nitriles is 1. The van der Waals surface area contributed by atoms with Crippen molar-refractivity contribution in [3.63, 3.8) is 0 Å². The van der Waals surface area contributed by atoms with Gasteiger partial charge in [0.05, 0.1) is 27.9 Å². The summed E-state index contributed by atoms with van der Waals surface area (Å²) in [7, 11) is 0. The fourth-order valence-corrected chi connectivity index (χ4v) is 1.97. The molecule has 0 fully saturated rings. The highest BCUT2D eigenvalue weighted by Crippen LogP contribution is 2.25. The molecule has 0 saturated heterocycles. The lowest BCUT2D eigenvalue weighted by atomic mass is 10.1. The topological polar surface area (TPSA) is 78.9 Å². The minimum atomic E-state index is -0.420. The number of halogens is 2. The van der Waals surface area contributed by atoms with Gasteiger partial charge in [0.1, 0.15) is 0 Å². The minimum absolute atomic E-state index is 0.266. The molecule has 1 amide bonds. The summed E-state index contributed by atoms with van der Waals surface area (Å²) in [5.74, 6) is -0.420. The maximum Gasteiger partial charge on any atom is 0.257 e. The first-order valence-corrected chi connectivity index (χ1v) is 6.33. The van der Waals surface area contributed by atoms with Crippen LogP contribution in [0, 0.1) is 11.3 Å². The van der Waals surface area contributed by atoms with Crippen LogP contribution in [-0.4, -0.2) is 5.91 Å². The molecule has 0 heterocycles. The summed E-state index contributed by atoms with van der Waals surface area (Å²) in [6, 6.07) is 11.2. The zero-order valence-electron chi connectivity index (χ0n) is 10.2. The number of nitrogens with two attached hydrogens (primary N) is 1. The van der Waals surface area contributed by atoms with Gasteiger partial charge < -0.3 is 11.1 Å². The van der Waals surface area contributed by atoms with Gasteiger partial charge in [0.2, 0.25) is 0 Å². The normalized spacial score (nSPS) is 9.85. The van der Waals surface area contributed by atoms with E-state index in [2.05, 4.69) is 5.32 Å². The number of amides is 1. The van der Waals surface area contributed by atoms with Crippen molar-refractivity contribution in [1.29, 1.82) is 5.26 Å². The van der Waals surface area contributed by atoms with Gasteiger partial charge in [0.25, 0.3) is 5.91 Å². The van der Waals surface area contributed by atoms with Crippen molar-refractivity contribution >= 4 is 40.5 Å². The number of benzene rings is 2. The Balaban J connectivity index is 2.30. The summed E-state index contributed by atoms with van der Waals surface area (Å²) in [6.45, 7) is 0. The second-order valence-electron chi connectivity index (χ2n) is 3.99. The van der Waals surface area contributed by atoms with E-state index in [1.807, 2.05) is 6.07 Å². The SMILES string of the molecule is N#Cc1ccc(Cl)c(NC(=O)c2ccc(Cl)cc2N)c1. The predicted octanol–water partition coefficient (Wildman–Crippen LogP) is 3.70. The standard InChI is InChI=1S/C14H9Cl2N3O/c15-9-2-3-10(12(18)6-9)14(20)19-13-5-8(7-17)1-4-11(13)16/h1-6H,18H2,(H,19,20). The molecule has 0 unspecified atom stereocenters. The third-order valence-electron chi connectivity index (χ3n) is 2.60. The molecule has 0 spiro atoms. The van der Waals surface area contributed by atoms with Gasteiger partial charge in [-0.15, -0.1) is 0 Å². The van der Waals surface area contributed by atoms with E-state index in [4.69, 9.17) is 34.2 Å². The summed E-state index contributed by atoms with van der Waals surface area (Å²) in [5, 5.41) is 12.2. The number of carbonyl (C=O) groups is 1. The second kappa shape index (κ2) is 5.83. The van der Waals surface area contributed by atoms with Crippen LogP contribution in [0.5, 0.6) is 0 Å². The average Bonchev–Trinajstić information content (AvgIpc) is 2.41. The first kappa shape index (κ1) is 14.2. The molecule has 0 aromatic heterocycles. The summed E-state index contributed by atoms with van der Waals surface area (Å²) < 4.78 is 0. The smallest absolute Gasteiger partial charge is 0.257 e. The highest BCUT2D eigenvalue weighted by Gasteiger charge is 2.12. The van der Waals surface area contributed by atoms with Gasteiger partial charge in [-0.05, 0) is 36.4 Å². The number of anilines is 2. The van der Waals surface area contributed by atoms with Crippen molar-refractivity contribution in [1.82, 2.24) is 0 Å². The number of nitrogens with zero attached hydrogens (tertiary/aromatic N) is 1. The lowest BCUT2D eigenvalue weighted by Gasteiger charge is -2.09. The van der Waals surface area contributed by atoms with E-state index in [1.165, 1.54) is 18.2 Å². The first-order chi connectivity index (χ1) is 9.51. The van der Waals surface area contributed by atoms with Gasteiger partial charge in [0, 0.05) is 10.7 Å². The van der Waals surface area contributed by atoms with E-state index < -0.39 is 5.91 Å². The van der Waals surface area contributed by atoms with Crippen LogP contribution in [0.4, 0.5) is 11.4 Å². The zero-order chi connectivity index (χ0) is 14.7. The number of nitrogen functional groups attached to an aromatic ring is 1. The number of carbonyl (C=O) groups excluding carboxylic acids is 1. The van der Waals surface area contributed by atoms with E-state index in [1.54, 1.807) is 18.2 Å². The van der Waals surface area contributed by atoms with Crippen LogP contribution in [-0.2, 0) is 0 Å². The zero-order valence-corrected chi connectivity index (χ0v) is 11.7. The predicted molar refractivity (Wildman–Crippen MR) is 80.0 cm³/mol. The second-order valence-corrected chi connectivity index (χ2v) is 4.84. The molecule has 3 N–H and O–H groups in total. The lowest BCUT2D eigenvalue weighted by molar-refractivity contribution is 0.102. The molecule has 6 heteroatoms. The Morgan fingerprint density at radius 1 is 1.20 bits per heavy atom. The Hall–Kier alpha value is -2.22. The van der Waals surface area contributed by atoms with Crippen molar-refractivity contribution in [2.75, 3.05) is 11.1 Å². The molecule has 2 aromatic rings. The van der Waals surface area contributed by atoms with E-state index in [9.17, 15) is 4.79 Å². The third-order valence-corrected chi connectivity index (χ3v) is 3.17. The van der Waals surface area contributed by atoms with Gasteiger partial charge in [0.15, 0.2) is 0 Å². The molecule has 0 saturated carbocycles. The monoisotopic (exact) mass is 305 g/mol. The summed E-state index contributed by atoms with van der Waals surface area (Å²) in [4.78, 5) is 12.1. The molecule has 0 radical (unpaired) electrons. The van der Waals surface area contributed by atoms with Crippen LogP contribution in [0.2, 0.25) is 10.0 Å². The van der Waals surface area contributed by atoms with Crippen molar-refractivity contribution in [3.05, 3.63) is 57.6 Å². The molecular weight excluding hydrogens is 297 g/mol. The van der Waals surface area contributed by atoms with E-state index >= 15 is 0 Å². The summed E-state index contributed by atoms with van der Waals surface area (Å²) in [5.41, 5.74) is 7.04. The molecule has 100 valence electrons. The molecule has 0 bridgehead atoms. The average molecular weight is 306 g/mol. The minimum Gasteiger partial charge on any atom is -0.398 e. The fourth-order valence-electron chi connectivity index (χ4n) is 1.62. The Kier molecular flexibility index (Phi) is 4.14. The first-order valence-electron chi connectivity index (χ1n) is 5.57. The molecule has 4 nitrogen and oxygen atoms in total.